The van der Waals surface area contributed by atoms with E-state index in [1.807, 2.05) is 6.07 Å². The average molecular weight is 403 g/mol. The quantitative estimate of drug-likeness (QED) is 0.387. The number of nitrogens with one attached hydrogen (secondary N) is 1. The van der Waals surface area contributed by atoms with E-state index in [2.05, 4.69) is 71.5 Å². The minimum Gasteiger partial charge on any atom is -0.378 e. The summed E-state index contributed by atoms with van der Waals surface area (Å²) in [7, 11) is 2.15. The molecular formula is C25H23ClN2O. The molecule has 1 aromatic heterocycles. The summed E-state index contributed by atoms with van der Waals surface area (Å²) in [5, 5.41) is 7.21. The molecule has 1 saturated heterocycles. The number of benzene rings is 3. The van der Waals surface area contributed by atoms with E-state index in [0.29, 0.717) is 5.92 Å². The molecule has 3 atom stereocenters. The van der Waals surface area contributed by atoms with Crippen LogP contribution in [0.1, 0.15) is 36.1 Å². The number of aromatic nitrogens is 1. The van der Waals surface area contributed by atoms with Crippen molar-refractivity contribution in [1.82, 2.24) is 4.57 Å². The number of fused-ring (bicyclic) bond motifs is 6. The van der Waals surface area contributed by atoms with E-state index in [1.54, 1.807) is 0 Å². The Bertz CT molecular complexity index is 1240. The third-order valence-electron chi connectivity index (χ3n) is 6.72. The van der Waals surface area contributed by atoms with Gasteiger partial charge < -0.3 is 14.6 Å². The number of halogens is 1. The first kappa shape index (κ1) is 17.4. The highest BCUT2D eigenvalue weighted by molar-refractivity contribution is 6.30. The highest BCUT2D eigenvalue weighted by Crippen LogP contribution is 2.50. The molecule has 0 saturated carbocycles. The van der Waals surface area contributed by atoms with E-state index in [0.717, 1.165) is 30.2 Å². The predicted octanol–water partition coefficient (Wildman–Crippen LogP) is 6.62. The molecule has 0 spiro atoms. The summed E-state index contributed by atoms with van der Waals surface area (Å²) in [6.45, 7) is 0.822. The van der Waals surface area contributed by atoms with Crippen molar-refractivity contribution in [1.29, 1.82) is 0 Å². The van der Waals surface area contributed by atoms with Gasteiger partial charge in [0.2, 0.25) is 0 Å². The molecule has 3 nitrogen and oxygen atoms in total. The van der Waals surface area contributed by atoms with Gasteiger partial charge in [-0.05, 0) is 54.8 Å². The first-order valence-electron chi connectivity index (χ1n) is 10.4. The Labute approximate surface area is 175 Å². The Kier molecular flexibility index (Phi) is 3.90. The van der Waals surface area contributed by atoms with Crippen molar-refractivity contribution in [3.8, 4) is 0 Å². The van der Waals surface area contributed by atoms with Crippen LogP contribution in [0, 0.1) is 5.92 Å². The van der Waals surface area contributed by atoms with Crippen LogP contribution in [0.15, 0.2) is 60.7 Å². The zero-order valence-corrected chi connectivity index (χ0v) is 17.1. The van der Waals surface area contributed by atoms with Gasteiger partial charge in [-0.3, -0.25) is 0 Å². The molecule has 146 valence electrons. The number of hydrogen-bond donors (Lipinski definition) is 1. The van der Waals surface area contributed by atoms with Gasteiger partial charge in [-0.25, -0.2) is 0 Å². The summed E-state index contributed by atoms with van der Waals surface area (Å²) in [6.07, 6.45) is 2.36. The summed E-state index contributed by atoms with van der Waals surface area (Å²) in [6, 6.07) is 21.9. The molecule has 3 heterocycles. The van der Waals surface area contributed by atoms with Crippen molar-refractivity contribution in [2.24, 2.45) is 13.0 Å². The third-order valence-corrected chi connectivity index (χ3v) is 6.96. The molecular weight excluding hydrogens is 380 g/mol. The van der Waals surface area contributed by atoms with Gasteiger partial charge in [-0.1, -0.05) is 35.9 Å². The van der Waals surface area contributed by atoms with Gasteiger partial charge in [0, 0.05) is 57.7 Å². The van der Waals surface area contributed by atoms with Gasteiger partial charge in [-0.15, -0.1) is 0 Å². The van der Waals surface area contributed by atoms with Crippen LogP contribution in [0.4, 0.5) is 5.69 Å². The predicted molar refractivity (Wildman–Crippen MR) is 120 cm³/mol. The van der Waals surface area contributed by atoms with Gasteiger partial charge in [0.1, 0.15) is 0 Å². The smallest absolute Gasteiger partial charge is 0.0896 e. The van der Waals surface area contributed by atoms with Gasteiger partial charge in [0.05, 0.1) is 12.1 Å². The lowest BCUT2D eigenvalue weighted by Gasteiger charge is -2.43. The van der Waals surface area contributed by atoms with E-state index < -0.39 is 0 Å². The summed E-state index contributed by atoms with van der Waals surface area (Å²) in [5.41, 5.74) is 6.21. The fourth-order valence-corrected chi connectivity index (χ4v) is 5.53. The first-order chi connectivity index (χ1) is 14.2. The van der Waals surface area contributed by atoms with E-state index >= 15 is 0 Å². The van der Waals surface area contributed by atoms with Crippen LogP contribution in [0.5, 0.6) is 0 Å². The molecule has 4 heteroatoms. The topological polar surface area (TPSA) is 26.2 Å². The standard InChI is InChI=1S/C25H23ClN2O/c1-28-22-7-3-2-5-17(22)19-13-15(8-11-23(19)28)24-18-6-4-12-29-25(18)20-14-16(26)9-10-21(20)27-24/h2-3,5,7-11,13-14,18,24-25,27H,4,6,12H2,1H3/t18?,24-,25?/m1/s1. The van der Waals surface area contributed by atoms with Crippen molar-refractivity contribution < 1.29 is 4.74 Å². The second kappa shape index (κ2) is 6.51. The van der Waals surface area contributed by atoms with Crippen LogP contribution in [-0.4, -0.2) is 11.2 Å². The average Bonchev–Trinajstić information content (AvgIpc) is 3.05. The maximum Gasteiger partial charge on any atom is 0.0896 e. The molecule has 4 aromatic rings. The van der Waals surface area contributed by atoms with Crippen molar-refractivity contribution in [2.45, 2.75) is 25.0 Å². The molecule has 29 heavy (non-hydrogen) atoms. The lowest BCUT2D eigenvalue weighted by molar-refractivity contribution is -0.0381. The fourth-order valence-electron chi connectivity index (χ4n) is 5.35. The number of para-hydroxylation sites is 1. The fraction of sp³-hybridized carbons (Fsp3) is 0.280. The van der Waals surface area contributed by atoms with E-state index in [-0.39, 0.29) is 12.1 Å². The largest absolute Gasteiger partial charge is 0.378 e. The van der Waals surface area contributed by atoms with Crippen molar-refractivity contribution in [2.75, 3.05) is 11.9 Å². The van der Waals surface area contributed by atoms with E-state index in [9.17, 15) is 0 Å². The highest BCUT2D eigenvalue weighted by Gasteiger charge is 2.40. The summed E-state index contributed by atoms with van der Waals surface area (Å²) in [5.74, 6) is 0.405. The first-order valence-corrected chi connectivity index (χ1v) is 10.7. The Hall–Kier alpha value is -2.49. The summed E-state index contributed by atoms with van der Waals surface area (Å²) in [4.78, 5) is 0. The van der Waals surface area contributed by atoms with Crippen LogP contribution in [0.3, 0.4) is 0 Å². The Morgan fingerprint density at radius 1 is 1.00 bits per heavy atom. The van der Waals surface area contributed by atoms with Gasteiger partial charge in [0.25, 0.3) is 0 Å². The SMILES string of the molecule is Cn1c2ccccc2c2cc([C@H]3Nc4ccc(Cl)cc4C4OCCCC43)ccc21. The monoisotopic (exact) mass is 402 g/mol. The molecule has 2 aliphatic heterocycles. The number of anilines is 1. The van der Waals surface area contributed by atoms with Crippen molar-refractivity contribution in [3.05, 3.63) is 76.8 Å². The van der Waals surface area contributed by atoms with Gasteiger partial charge in [0.15, 0.2) is 0 Å². The lowest BCUT2D eigenvalue weighted by atomic mass is 9.77. The van der Waals surface area contributed by atoms with Gasteiger partial charge >= 0.3 is 0 Å². The molecule has 3 aromatic carbocycles. The normalized spacial score (nSPS) is 23.6. The van der Waals surface area contributed by atoms with Crippen LogP contribution < -0.4 is 5.32 Å². The third kappa shape index (κ3) is 2.61. The molecule has 0 aliphatic carbocycles. The Morgan fingerprint density at radius 3 is 2.79 bits per heavy atom. The molecule has 0 amide bonds. The molecule has 0 radical (unpaired) electrons. The number of hydrogen-bond acceptors (Lipinski definition) is 2. The minimum absolute atomic E-state index is 0.104. The molecule has 1 fully saturated rings. The zero-order valence-electron chi connectivity index (χ0n) is 16.4. The highest BCUT2D eigenvalue weighted by atomic mass is 35.5. The minimum atomic E-state index is 0.104. The lowest BCUT2D eigenvalue weighted by Crippen LogP contribution is -2.36. The molecule has 6 rings (SSSR count). The van der Waals surface area contributed by atoms with E-state index in [4.69, 9.17) is 16.3 Å². The number of nitrogens with zero attached hydrogens (tertiary/aromatic N) is 1. The summed E-state index contributed by atoms with van der Waals surface area (Å²) < 4.78 is 8.56. The number of aryl methyl sites for hydroxylation is 1. The van der Waals surface area contributed by atoms with Crippen molar-refractivity contribution >= 4 is 39.1 Å². The molecule has 2 unspecified atom stereocenters. The molecule has 1 N–H and O–H groups in total. The van der Waals surface area contributed by atoms with Crippen LogP contribution in [0.2, 0.25) is 5.02 Å². The van der Waals surface area contributed by atoms with Crippen LogP contribution in [0.25, 0.3) is 21.8 Å². The second-order valence-corrected chi connectivity index (χ2v) is 8.74. The number of rotatable bonds is 1. The Balaban J connectivity index is 1.51. The van der Waals surface area contributed by atoms with Gasteiger partial charge in [-0.2, -0.15) is 0 Å². The maximum absolute atomic E-state index is 6.30. The molecule has 0 bridgehead atoms. The Morgan fingerprint density at radius 2 is 1.86 bits per heavy atom. The van der Waals surface area contributed by atoms with E-state index in [1.165, 1.54) is 32.9 Å². The van der Waals surface area contributed by atoms with Crippen LogP contribution in [-0.2, 0) is 11.8 Å². The molecule has 2 aliphatic rings. The number of ether oxygens (including phenoxy) is 1. The van der Waals surface area contributed by atoms with Crippen LogP contribution >= 0.6 is 11.6 Å². The zero-order chi connectivity index (χ0) is 19.5. The van der Waals surface area contributed by atoms with Crippen molar-refractivity contribution in [3.63, 3.8) is 0 Å². The maximum atomic E-state index is 6.30. The summed E-state index contributed by atoms with van der Waals surface area (Å²) >= 11 is 6.30. The second-order valence-electron chi connectivity index (χ2n) is 8.30.